The molecule has 0 aliphatic heterocycles. The highest BCUT2D eigenvalue weighted by Crippen LogP contribution is 2.31. The number of amides is 2. The van der Waals surface area contributed by atoms with Crippen LogP contribution in [0.2, 0.25) is 5.02 Å². The highest BCUT2D eigenvalue weighted by molar-refractivity contribution is 7.92. The van der Waals surface area contributed by atoms with Gasteiger partial charge in [-0.3, -0.25) is 13.9 Å². The third-order valence-corrected chi connectivity index (χ3v) is 8.85. The van der Waals surface area contributed by atoms with Gasteiger partial charge in [-0.25, -0.2) is 8.42 Å². The second kappa shape index (κ2) is 13.8. The Labute approximate surface area is 243 Å². The largest absolute Gasteiger partial charge is 0.354 e. The van der Waals surface area contributed by atoms with Gasteiger partial charge in [0.15, 0.2) is 0 Å². The van der Waals surface area contributed by atoms with E-state index in [1.807, 2.05) is 52.0 Å². The predicted molar refractivity (Wildman–Crippen MR) is 161 cm³/mol. The van der Waals surface area contributed by atoms with Gasteiger partial charge in [-0.1, -0.05) is 86.5 Å². The van der Waals surface area contributed by atoms with Crippen molar-refractivity contribution in [3.8, 4) is 0 Å². The first-order chi connectivity index (χ1) is 18.9. The predicted octanol–water partition coefficient (Wildman–Crippen LogP) is 5.73. The SMILES string of the molecule is CCC(C(=O)NCC(C)C)N(Cc1ccc(C)cc1)C(=O)CN(c1cccc(Cl)c1C)S(=O)(=O)c1ccccc1. The van der Waals surface area contributed by atoms with Crippen LogP contribution in [-0.4, -0.2) is 44.3 Å². The van der Waals surface area contributed by atoms with Crippen molar-refractivity contribution in [3.63, 3.8) is 0 Å². The molecule has 0 spiro atoms. The lowest BCUT2D eigenvalue weighted by atomic mass is 10.1. The molecular formula is C31H38ClN3O4S. The van der Waals surface area contributed by atoms with Gasteiger partial charge in [0.2, 0.25) is 11.8 Å². The summed E-state index contributed by atoms with van der Waals surface area (Å²) < 4.78 is 29.0. The monoisotopic (exact) mass is 583 g/mol. The summed E-state index contributed by atoms with van der Waals surface area (Å²) in [5.41, 5.74) is 2.74. The van der Waals surface area contributed by atoms with Crippen LogP contribution < -0.4 is 9.62 Å². The van der Waals surface area contributed by atoms with E-state index in [1.165, 1.54) is 17.0 Å². The van der Waals surface area contributed by atoms with Crippen molar-refractivity contribution in [1.82, 2.24) is 10.2 Å². The third-order valence-electron chi connectivity index (χ3n) is 6.66. The molecular weight excluding hydrogens is 546 g/mol. The second-order valence-electron chi connectivity index (χ2n) is 10.3. The highest BCUT2D eigenvalue weighted by atomic mass is 35.5. The van der Waals surface area contributed by atoms with Gasteiger partial charge in [0, 0.05) is 18.1 Å². The zero-order chi connectivity index (χ0) is 29.4. The van der Waals surface area contributed by atoms with Gasteiger partial charge in [0.25, 0.3) is 10.0 Å². The molecule has 0 saturated heterocycles. The summed E-state index contributed by atoms with van der Waals surface area (Å²) in [6.45, 7) is 9.64. The lowest BCUT2D eigenvalue weighted by Gasteiger charge is -2.33. The molecule has 40 heavy (non-hydrogen) atoms. The molecule has 214 valence electrons. The average molecular weight is 584 g/mol. The molecule has 0 saturated carbocycles. The smallest absolute Gasteiger partial charge is 0.264 e. The van der Waals surface area contributed by atoms with E-state index in [-0.39, 0.29) is 23.3 Å². The molecule has 0 radical (unpaired) electrons. The molecule has 0 heterocycles. The van der Waals surface area contributed by atoms with E-state index in [4.69, 9.17) is 11.6 Å². The van der Waals surface area contributed by atoms with Crippen LogP contribution in [-0.2, 0) is 26.2 Å². The molecule has 3 aromatic carbocycles. The third kappa shape index (κ3) is 7.64. The van der Waals surface area contributed by atoms with E-state index >= 15 is 0 Å². The lowest BCUT2D eigenvalue weighted by Crippen LogP contribution is -2.52. The molecule has 3 aromatic rings. The molecule has 1 atom stereocenters. The number of halogens is 1. The Kier molecular flexibility index (Phi) is 10.8. The van der Waals surface area contributed by atoms with Gasteiger partial charge >= 0.3 is 0 Å². The number of anilines is 1. The molecule has 3 rings (SSSR count). The van der Waals surface area contributed by atoms with E-state index in [2.05, 4.69) is 5.32 Å². The van der Waals surface area contributed by atoms with E-state index in [1.54, 1.807) is 43.3 Å². The zero-order valence-electron chi connectivity index (χ0n) is 23.7. The number of sulfonamides is 1. The maximum atomic E-state index is 14.1. The van der Waals surface area contributed by atoms with Gasteiger partial charge in [0.05, 0.1) is 10.6 Å². The van der Waals surface area contributed by atoms with Crippen molar-refractivity contribution < 1.29 is 18.0 Å². The summed E-state index contributed by atoms with van der Waals surface area (Å²) in [6, 6.07) is 19.9. The standard InChI is InChI=1S/C31H38ClN3O4S/c1-6-28(31(37)33-19-22(2)3)34(20-25-17-15-23(4)16-18-25)30(36)21-35(29-14-10-13-27(32)24(29)5)40(38,39)26-11-8-7-9-12-26/h7-18,22,28H,6,19-21H2,1-5H3,(H,33,37). The number of hydrogen-bond acceptors (Lipinski definition) is 4. The number of rotatable bonds is 12. The molecule has 0 bridgehead atoms. The Bertz CT molecular complexity index is 1410. The quantitative estimate of drug-likeness (QED) is 0.295. The highest BCUT2D eigenvalue weighted by Gasteiger charge is 2.34. The van der Waals surface area contributed by atoms with Gasteiger partial charge in [-0.2, -0.15) is 0 Å². The molecule has 1 N–H and O–H groups in total. The van der Waals surface area contributed by atoms with Crippen LogP contribution in [0.3, 0.4) is 0 Å². The van der Waals surface area contributed by atoms with Gasteiger partial charge in [-0.05, 0) is 61.6 Å². The van der Waals surface area contributed by atoms with Gasteiger partial charge in [-0.15, -0.1) is 0 Å². The first-order valence-electron chi connectivity index (χ1n) is 13.4. The number of carbonyl (C=O) groups excluding carboxylic acids is 2. The molecule has 0 aromatic heterocycles. The van der Waals surface area contributed by atoms with Crippen molar-refractivity contribution >= 4 is 39.1 Å². The summed E-state index contributed by atoms with van der Waals surface area (Å²) in [4.78, 5) is 28.9. The molecule has 0 aliphatic rings. The van der Waals surface area contributed by atoms with Crippen LogP contribution in [0.15, 0.2) is 77.7 Å². The molecule has 0 fully saturated rings. The Morgan fingerprint density at radius 3 is 2.17 bits per heavy atom. The van der Waals surface area contributed by atoms with Crippen LogP contribution in [0.5, 0.6) is 0 Å². The Balaban J connectivity index is 2.07. The molecule has 2 amide bonds. The Morgan fingerprint density at radius 2 is 1.57 bits per heavy atom. The van der Waals surface area contributed by atoms with E-state index in [9.17, 15) is 18.0 Å². The van der Waals surface area contributed by atoms with Crippen molar-refractivity contribution in [2.24, 2.45) is 5.92 Å². The van der Waals surface area contributed by atoms with E-state index in [0.717, 1.165) is 15.4 Å². The minimum absolute atomic E-state index is 0.0500. The molecule has 9 heteroatoms. The number of aryl methyl sites for hydroxylation is 1. The van der Waals surface area contributed by atoms with Gasteiger partial charge < -0.3 is 10.2 Å². The minimum atomic E-state index is -4.15. The van der Waals surface area contributed by atoms with Crippen LogP contribution in [0, 0.1) is 19.8 Å². The molecule has 0 aliphatic carbocycles. The molecule has 1 unspecified atom stereocenters. The first-order valence-corrected chi connectivity index (χ1v) is 15.2. The van der Waals surface area contributed by atoms with Crippen molar-refractivity contribution in [2.45, 2.75) is 58.5 Å². The first kappa shape index (κ1) is 31.2. The fourth-order valence-corrected chi connectivity index (χ4v) is 5.99. The fourth-order valence-electron chi connectivity index (χ4n) is 4.33. The minimum Gasteiger partial charge on any atom is -0.354 e. The van der Waals surface area contributed by atoms with Crippen LogP contribution >= 0.6 is 11.6 Å². The van der Waals surface area contributed by atoms with Crippen LogP contribution in [0.4, 0.5) is 5.69 Å². The van der Waals surface area contributed by atoms with Crippen molar-refractivity contribution in [3.05, 3.63) is 94.5 Å². The second-order valence-corrected chi connectivity index (χ2v) is 12.5. The maximum Gasteiger partial charge on any atom is 0.264 e. The average Bonchev–Trinajstić information content (AvgIpc) is 2.93. The van der Waals surface area contributed by atoms with Crippen molar-refractivity contribution in [2.75, 3.05) is 17.4 Å². The Morgan fingerprint density at radius 1 is 0.925 bits per heavy atom. The summed E-state index contributed by atoms with van der Waals surface area (Å²) in [7, 11) is -4.15. The van der Waals surface area contributed by atoms with Gasteiger partial charge in [0.1, 0.15) is 12.6 Å². The number of hydrogen-bond donors (Lipinski definition) is 1. The molecule has 7 nitrogen and oxygen atoms in total. The van der Waals surface area contributed by atoms with Crippen LogP contribution in [0.25, 0.3) is 0 Å². The van der Waals surface area contributed by atoms with E-state index < -0.39 is 28.5 Å². The van der Waals surface area contributed by atoms with Crippen molar-refractivity contribution in [1.29, 1.82) is 0 Å². The summed E-state index contributed by atoms with van der Waals surface area (Å²) in [6.07, 6.45) is 0.364. The number of carbonyl (C=O) groups is 2. The topological polar surface area (TPSA) is 86.8 Å². The zero-order valence-corrected chi connectivity index (χ0v) is 25.3. The fraction of sp³-hybridized carbons (Fsp3) is 0.355. The Hall–Kier alpha value is -3.36. The van der Waals surface area contributed by atoms with Crippen LogP contribution in [0.1, 0.15) is 43.9 Å². The summed E-state index contributed by atoms with van der Waals surface area (Å²) in [5, 5.41) is 3.32. The summed E-state index contributed by atoms with van der Waals surface area (Å²) in [5.74, 6) is -0.529. The normalized spacial score (nSPS) is 12.2. The summed E-state index contributed by atoms with van der Waals surface area (Å²) >= 11 is 6.38. The maximum absolute atomic E-state index is 14.1. The number of nitrogens with zero attached hydrogens (tertiary/aromatic N) is 2. The number of nitrogens with one attached hydrogen (secondary N) is 1. The lowest BCUT2D eigenvalue weighted by molar-refractivity contribution is -0.140. The number of benzene rings is 3. The van der Waals surface area contributed by atoms with E-state index in [0.29, 0.717) is 29.2 Å².